The number of nitrogens with zero attached hydrogens (tertiary/aromatic N) is 2. The SMILES string of the molecule is Cc1nc(CC#N)ccc1Cl. The van der Waals surface area contributed by atoms with Crippen molar-refractivity contribution in [1.29, 1.82) is 5.26 Å². The Labute approximate surface area is 70.4 Å². The molecule has 0 N–H and O–H groups in total. The Bertz CT molecular complexity index is 301. The highest BCUT2D eigenvalue weighted by molar-refractivity contribution is 6.31. The molecule has 0 unspecified atom stereocenters. The fraction of sp³-hybridized carbons (Fsp3) is 0.250. The van der Waals surface area contributed by atoms with E-state index in [9.17, 15) is 0 Å². The van der Waals surface area contributed by atoms with Gasteiger partial charge in [-0.1, -0.05) is 11.6 Å². The van der Waals surface area contributed by atoms with Crippen molar-refractivity contribution in [3.8, 4) is 6.07 Å². The second-order valence-electron chi connectivity index (χ2n) is 2.20. The van der Waals surface area contributed by atoms with Crippen molar-refractivity contribution in [1.82, 2.24) is 4.98 Å². The maximum Gasteiger partial charge on any atom is 0.0774 e. The molecule has 2 nitrogen and oxygen atoms in total. The minimum absolute atomic E-state index is 0.345. The van der Waals surface area contributed by atoms with Gasteiger partial charge in [-0.2, -0.15) is 5.26 Å². The second-order valence-corrected chi connectivity index (χ2v) is 2.61. The van der Waals surface area contributed by atoms with Crippen molar-refractivity contribution in [2.75, 3.05) is 0 Å². The van der Waals surface area contributed by atoms with Gasteiger partial charge in [0.2, 0.25) is 0 Å². The first-order valence-electron chi connectivity index (χ1n) is 3.23. The first kappa shape index (κ1) is 8.03. The largest absolute Gasteiger partial charge is 0.256 e. The summed E-state index contributed by atoms with van der Waals surface area (Å²) in [7, 11) is 0. The number of halogens is 1. The molecule has 3 heteroatoms. The van der Waals surface area contributed by atoms with Crippen LogP contribution in [0.5, 0.6) is 0 Å². The highest BCUT2D eigenvalue weighted by Gasteiger charge is 1.97. The zero-order valence-electron chi connectivity index (χ0n) is 6.13. The topological polar surface area (TPSA) is 36.7 Å². The van der Waals surface area contributed by atoms with Crippen LogP contribution < -0.4 is 0 Å². The van der Waals surface area contributed by atoms with E-state index in [1.54, 1.807) is 12.1 Å². The van der Waals surface area contributed by atoms with Gasteiger partial charge < -0.3 is 0 Å². The van der Waals surface area contributed by atoms with E-state index in [-0.39, 0.29) is 0 Å². The minimum Gasteiger partial charge on any atom is -0.256 e. The molecule has 1 aromatic heterocycles. The molecule has 0 amide bonds. The second kappa shape index (κ2) is 3.36. The normalized spacial score (nSPS) is 9.18. The average molecular weight is 167 g/mol. The molecule has 0 spiro atoms. The van der Waals surface area contributed by atoms with Gasteiger partial charge in [-0.05, 0) is 19.1 Å². The summed E-state index contributed by atoms with van der Waals surface area (Å²) in [6.45, 7) is 1.82. The van der Waals surface area contributed by atoms with E-state index in [0.717, 1.165) is 11.4 Å². The molecule has 0 bridgehead atoms. The lowest BCUT2D eigenvalue weighted by atomic mass is 10.2. The van der Waals surface area contributed by atoms with Crippen LogP contribution in [0.15, 0.2) is 12.1 Å². The van der Waals surface area contributed by atoms with Crippen LogP contribution in [0.1, 0.15) is 11.4 Å². The molecule has 0 aliphatic rings. The highest BCUT2D eigenvalue weighted by Crippen LogP contribution is 2.12. The van der Waals surface area contributed by atoms with Gasteiger partial charge in [-0.3, -0.25) is 4.98 Å². The highest BCUT2D eigenvalue weighted by atomic mass is 35.5. The van der Waals surface area contributed by atoms with E-state index in [0.29, 0.717) is 11.4 Å². The van der Waals surface area contributed by atoms with Crippen molar-refractivity contribution in [3.05, 3.63) is 28.5 Å². The molecule has 0 fully saturated rings. The molecule has 11 heavy (non-hydrogen) atoms. The van der Waals surface area contributed by atoms with Crippen LogP contribution in [0.25, 0.3) is 0 Å². The van der Waals surface area contributed by atoms with Crippen LogP contribution in [0.3, 0.4) is 0 Å². The fourth-order valence-electron chi connectivity index (χ4n) is 0.775. The average Bonchev–Trinajstić information content (AvgIpc) is 1.98. The first-order valence-corrected chi connectivity index (χ1v) is 3.61. The quantitative estimate of drug-likeness (QED) is 0.641. The molecule has 0 saturated carbocycles. The molecular formula is C8H7ClN2. The maximum absolute atomic E-state index is 8.36. The summed E-state index contributed by atoms with van der Waals surface area (Å²) in [6.07, 6.45) is 0.345. The molecule has 56 valence electrons. The summed E-state index contributed by atoms with van der Waals surface area (Å²) in [4.78, 5) is 4.11. The van der Waals surface area contributed by atoms with Gasteiger partial charge in [0.05, 0.1) is 28.9 Å². The van der Waals surface area contributed by atoms with Crippen molar-refractivity contribution in [2.24, 2.45) is 0 Å². The lowest BCUT2D eigenvalue weighted by Gasteiger charge is -1.97. The minimum atomic E-state index is 0.345. The maximum atomic E-state index is 8.36. The molecule has 0 radical (unpaired) electrons. The van der Waals surface area contributed by atoms with Gasteiger partial charge in [0.1, 0.15) is 0 Å². The number of pyridine rings is 1. The Hall–Kier alpha value is -1.07. The molecule has 0 aliphatic carbocycles. The number of aromatic nitrogens is 1. The number of hydrogen-bond acceptors (Lipinski definition) is 2. The van der Waals surface area contributed by atoms with Gasteiger partial charge in [0.25, 0.3) is 0 Å². The molecule has 0 saturated heterocycles. The molecule has 0 aliphatic heterocycles. The Balaban J connectivity index is 2.98. The molecule has 1 heterocycles. The van der Waals surface area contributed by atoms with E-state index in [2.05, 4.69) is 4.98 Å². The van der Waals surface area contributed by atoms with Crippen molar-refractivity contribution >= 4 is 11.6 Å². The molecule has 1 aromatic rings. The number of nitriles is 1. The predicted octanol–water partition coefficient (Wildman–Crippen LogP) is 2.11. The molecule has 1 rings (SSSR count). The lowest BCUT2D eigenvalue weighted by molar-refractivity contribution is 1.07. The third kappa shape index (κ3) is 1.92. The predicted molar refractivity (Wildman–Crippen MR) is 43.3 cm³/mol. The molecular weight excluding hydrogens is 160 g/mol. The number of rotatable bonds is 1. The Morgan fingerprint density at radius 3 is 2.91 bits per heavy atom. The van der Waals surface area contributed by atoms with E-state index in [1.807, 2.05) is 13.0 Å². The summed E-state index contributed by atoms with van der Waals surface area (Å²) in [6, 6.07) is 5.55. The Kier molecular flexibility index (Phi) is 2.45. The van der Waals surface area contributed by atoms with Crippen LogP contribution >= 0.6 is 11.6 Å². The third-order valence-electron chi connectivity index (χ3n) is 1.34. The van der Waals surface area contributed by atoms with E-state index in [1.165, 1.54) is 0 Å². The standard InChI is InChI=1S/C8H7ClN2/c1-6-8(9)3-2-7(11-6)4-5-10/h2-3H,4H2,1H3. The van der Waals surface area contributed by atoms with Crippen LogP contribution in [0, 0.1) is 18.3 Å². The number of hydrogen-bond donors (Lipinski definition) is 0. The third-order valence-corrected chi connectivity index (χ3v) is 1.74. The van der Waals surface area contributed by atoms with Crippen molar-refractivity contribution in [3.63, 3.8) is 0 Å². The zero-order valence-corrected chi connectivity index (χ0v) is 6.89. The van der Waals surface area contributed by atoms with E-state index >= 15 is 0 Å². The van der Waals surface area contributed by atoms with Gasteiger partial charge >= 0.3 is 0 Å². The summed E-state index contributed by atoms with van der Waals surface area (Å²) < 4.78 is 0. The van der Waals surface area contributed by atoms with Crippen molar-refractivity contribution < 1.29 is 0 Å². The van der Waals surface area contributed by atoms with Crippen LogP contribution in [0.2, 0.25) is 5.02 Å². The summed E-state index contributed by atoms with van der Waals surface area (Å²) in [5.74, 6) is 0. The van der Waals surface area contributed by atoms with Crippen LogP contribution in [-0.2, 0) is 6.42 Å². The fourth-order valence-corrected chi connectivity index (χ4v) is 0.881. The van der Waals surface area contributed by atoms with Gasteiger partial charge in [0, 0.05) is 0 Å². The number of aryl methyl sites for hydroxylation is 1. The molecule has 0 atom stereocenters. The van der Waals surface area contributed by atoms with Gasteiger partial charge in [-0.25, -0.2) is 0 Å². The molecule has 0 aromatic carbocycles. The Morgan fingerprint density at radius 2 is 2.36 bits per heavy atom. The zero-order chi connectivity index (χ0) is 8.27. The van der Waals surface area contributed by atoms with Crippen molar-refractivity contribution in [2.45, 2.75) is 13.3 Å². The summed E-state index contributed by atoms with van der Waals surface area (Å²) >= 11 is 5.74. The van der Waals surface area contributed by atoms with Crippen LogP contribution in [0.4, 0.5) is 0 Å². The van der Waals surface area contributed by atoms with E-state index < -0.39 is 0 Å². The smallest absolute Gasteiger partial charge is 0.0774 e. The summed E-state index contributed by atoms with van der Waals surface area (Å²) in [5, 5.41) is 9.00. The Morgan fingerprint density at radius 1 is 1.64 bits per heavy atom. The van der Waals surface area contributed by atoms with E-state index in [4.69, 9.17) is 16.9 Å². The van der Waals surface area contributed by atoms with Gasteiger partial charge in [0.15, 0.2) is 0 Å². The monoisotopic (exact) mass is 166 g/mol. The van der Waals surface area contributed by atoms with Gasteiger partial charge in [-0.15, -0.1) is 0 Å². The lowest BCUT2D eigenvalue weighted by Crippen LogP contribution is -1.90. The summed E-state index contributed by atoms with van der Waals surface area (Å²) in [5.41, 5.74) is 1.55. The van der Waals surface area contributed by atoms with Crippen LogP contribution in [-0.4, -0.2) is 4.98 Å². The first-order chi connectivity index (χ1) is 5.24.